The van der Waals surface area contributed by atoms with E-state index in [2.05, 4.69) is 20.8 Å². The molecule has 1 N–H and O–H groups in total. The molecule has 0 radical (unpaired) electrons. The molecule has 0 aliphatic carbocycles. The maximum atomic E-state index is 12.5. The van der Waals surface area contributed by atoms with Crippen molar-refractivity contribution in [2.75, 3.05) is 6.61 Å². The van der Waals surface area contributed by atoms with Crippen molar-refractivity contribution in [2.24, 2.45) is 0 Å². The Kier molecular flexibility index (Phi) is 6.24. The number of ether oxygens (including phenoxy) is 1. The van der Waals surface area contributed by atoms with Crippen LogP contribution in [0.3, 0.4) is 0 Å². The van der Waals surface area contributed by atoms with Crippen LogP contribution in [0, 0.1) is 0 Å². The number of nitrogens with one attached hydrogen (secondary N) is 1. The molecule has 0 unspecified atom stereocenters. The SMILES string of the molecule is O=C(COC(=O)[C@@H](Cc1ccccc1)n1cnnn1)NCc1ccccc1. The Morgan fingerprint density at radius 3 is 2.30 bits per heavy atom. The van der Waals surface area contributed by atoms with Gasteiger partial charge >= 0.3 is 5.97 Å². The molecule has 0 saturated heterocycles. The van der Waals surface area contributed by atoms with E-state index in [4.69, 9.17) is 4.74 Å². The van der Waals surface area contributed by atoms with Gasteiger partial charge in [-0.2, -0.15) is 0 Å². The molecule has 1 heterocycles. The standard InChI is InChI=1S/C19H19N5O3/c25-18(20-12-16-9-5-2-6-10-16)13-27-19(26)17(24-14-21-22-23-24)11-15-7-3-1-4-8-15/h1-10,14,17H,11-13H2,(H,20,25)/t17-/m1/s1. The lowest BCUT2D eigenvalue weighted by atomic mass is 10.1. The maximum Gasteiger partial charge on any atom is 0.331 e. The van der Waals surface area contributed by atoms with E-state index in [0.717, 1.165) is 11.1 Å². The number of esters is 1. The smallest absolute Gasteiger partial charge is 0.331 e. The second-order valence-corrected chi connectivity index (χ2v) is 5.87. The van der Waals surface area contributed by atoms with Gasteiger partial charge in [0.15, 0.2) is 12.6 Å². The number of aromatic nitrogens is 4. The molecule has 0 aliphatic rings. The Morgan fingerprint density at radius 1 is 1.00 bits per heavy atom. The van der Waals surface area contributed by atoms with E-state index in [9.17, 15) is 9.59 Å². The van der Waals surface area contributed by atoms with Crippen LogP contribution in [0.25, 0.3) is 0 Å². The Bertz CT molecular complexity index is 854. The van der Waals surface area contributed by atoms with Crippen LogP contribution < -0.4 is 5.32 Å². The van der Waals surface area contributed by atoms with Gasteiger partial charge in [0.25, 0.3) is 5.91 Å². The number of rotatable bonds is 8. The van der Waals surface area contributed by atoms with Crippen LogP contribution in [0.4, 0.5) is 0 Å². The van der Waals surface area contributed by atoms with Gasteiger partial charge in [0.1, 0.15) is 6.33 Å². The average molecular weight is 365 g/mol. The van der Waals surface area contributed by atoms with E-state index in [-0.39, 0.29) is 12.5 Å². The van der Waals surface area contributed by atoms with Crippen molar-refractivity contribution in [2.45, 2.75) is 19.0 Å². The highest BCUT2D eigenvalue weighted by molar-refractivity contribution is 5.81. The third-order valence-electron chi connectivity index (χ3n) is 3.91. The largest absolute Gasteiger partial charge is 0.454 e. The van der Waals surface area contributed by atoms with Gasteiger partial charge in [-0.3, -0.25) is 4.79 Å². The monoisotopic (exact) mass is 365 g/mol. The molecule has 8 nitrogen and oxygen atoms in total. The molecule has 0 saturated carbocycles. The number of hydrogen-bond donors (Lipinski definition) is 1. The molecular weight excluding hydrogens is 346 g/mol. The highest BCUT2D eigenvalue weighted by Gasteiger charge is 2.24. The Morgan fingerprint density at radius 2 is 1.67 bits per heavy atom. The summed E-state index contributed by atoms with van der Waals surface area (Å²) in [6, 6.07) is 18.2. The summed E-state index contributed by atoms with van der Waals surface area (Å²) in [6.07, 6.45) is 1.71. The molecule has 0 bridgehead atoms. The minimum Gasteiger partial charge on any atom is -0.454 e. The van der Waals surface area contributed by atoms with Crippen molar-refractivity contribution in [1.82, 2.24) is 25.5 Å². The molecule has 1 amide bonds. The molecule has 0 aliphatic heterocycles. The van der Waals surface area contributed by atoms with Gasteiger partial charge in [-0.25, -0.2) is 9.48 Å². The van der Waals surface area contributed by atoms with Gasteiger partial charge in [-0.1, -0.05) is 60.7 Å². The number of tetrazole rings is 1. The molecule has 2 aromatic carbocycles. The summed E-state index contributed by atoms with van der Waals surface area (Å²) in [5, 5.41) is 13.6. The van der Waals surface area contributed by atoms with Crippen molar-refractivity contribution in [3.05, 3.63) is 78.1 Å². The van der Waals surface area contributed by atoms with Crippen LogP contribution in [-0.2, 0) is 27.3 Å². The van der Waals surface area contributed by atoms with Crippen molar-refractivity contribution in [3.63, 3.8) is 0 Å². The fourth-order valence-corrected chi connectivity index (χ4v) is 2.51. The van der Waals surface area contributed by atoms with Crippen molar-refractivity contribution in [3.8, 4) is 0 Å². The molecular formula is C19H19N5O3. The van der Waals surface area contributed by atoms with Gasteiger partial charge in [-0.05, 0) is 21.6 Å². The van der Waals surface area contributed by atoms with Crippen LogP contribution in [0.1, 0.15) is 17.2 Å². The summed E-state index contributed by atoms with van der Waals surface area (Å²) in [5.74, 6) is -0.941. The first-order valence-electron chi connectivity index (χ1n) is 8.46. The van der Waals surface area contributed by atoms with Crippen LogP contribution in [0.5, 0.6) is 0 Å². The van der Waals surface area contributed by atoms with E-state index < -0.39 is 12.0 Å². The highest BCUT2D eigenvalue weighted by atomic mass is 16.5. The second-order valence-electron chi connectivity index (χ2n) is 5.87. The van der Waals surface area contributed by atoms with E-state index in [0.29, 0.717) is 13.0 Å². The molecule has 8 heteroatoms. The maximum absolute atomic E-state index is 12.5. The number of carbonyl (C=O) groups is 2. The third kappa shape index (κ3) is 5.46. The van der Waals surface area contributed by atoms with Crippen molar-refractivity contribution >= 4 is 11.9 Å². The van der Waals surface area contributed by atoms with E-state index in [1.54, 1.807) is 0 Å². The van der Waals surface area contributed by atoms with E-state index >= 15 is 0 Å². The predicted octanol–water partition coefficient (Wildman–Crippen LogP) is 1.32. The molecule has 0 fully saturated rings. The molecule has 3 aromatic rings. The zero-order valence-corrected chi connectivity index (χ0v) is 14.6. The summed E-state index contributed by atoms with van der Waals surface area (Å²) >= 11 is 0. The quantitative estimate of drug-likeness (QED) is 0.605. The molecule has 1 atom stereocenters. The Labute approximate surface area is 156 Å². The summed E-state index contributed by atoms with van der Waals surface area (Å²) < 4.78 is 6.51. The minimum atomic E-state index is -0.746. The highest BCUT2D eigenvalue weighted by Crippen LogP contribution is 2.14. The number of amides is 1. The van der Waals surface area contributed by atoms with Crippen molar-refractivity contribution < 1.29 is 14.3 Å². The van der Waals surface area contributed by atoms with E-state index in [1.807, 2.05) is 60.7 Å². The molecule has 3 rings (SSSR count). The van der Waals surface area contributed by atoms with Gasteiger partial charge in [0.05, 0.1) is 0 Å². The number of nitrogens with zero attached hydrogens (tertiary/aromatic N) is 4. The lowest BCUT2D eigenvalue weighted by molar-refractivity contribution is -0.152. The fraction of sp³-hybridized carbons (Fsp3) is 0.211. The Hall–Kier alpha value is -3.55. The predicted molar refractivity (Wildman–Crippen MR) is 96.2 cm³/mol. The van der Waals surface area contributed by atoms with Gasteiger partial charge in [0, 0.05) is 13.0 Å². The van der Waals surface area contributed by atoms with Gasteiger partial charge < -0.3 is 10.1 Å². The normalized spacial score (nSPS) is 11.6. The molecule has 27 heavy (non-hydrogen) atoms. The van der Waals surface area contributed by atoms with Crippen molar-refractivity contribution in [1.29, 1.82) is 0 Å². The lowest BCUT2D eigenvalue weighted by Crippen LogP contribution is -2.31. The van der Waals surface area contributed by atoms with Crippen LogP contribution in [0.2, 0.25) is 0 Å². The van der Waals surface area contributed by atoms with Crippen LogP contribution >= 0.6 is 0 Å². The second kappa shape index (κ2) is 9.23. The zero-order valence-electron chi connectivity index (χ0n) is 14.6. The number of carbonyl (C=O) groups excluding carboxylic acids is 2. The lowest BCUT2D eigenvalue weighted by Gasteiger charge is -2.15. The first-order valence-corrected chi connectivity index (χ1v) is 8.46. The number of hydrogen-bond acceptors (Lipinski definition) is 6. The van der Waals surface area contributed by atoms with Crippen LogP contribution in [0.15, 0.2) is 67.0 Å². The summed E-state index contributed by atoms with van der Waals surface area (Å²) in [7, 11) is 0. The Balaban J connectivity index is 1.55. The summed E-state index contributed by atoms with van der Waals surface area (Å²) in [4.78, 5) is 24.5. The first kappa shape index (κ1) is 18.2. The number of benzene rings is 2. The third-order valence-corrected chi connectivity index (χ3v) is 3.91. The molecule has 138 valence electrons. The zero-order chi connectivity index (χ0) is 18.9. The van der Waals surface area contributed by atoms with E-state index in [1.165, 1.54) is 11.0 Å². The minimum absolute atomic E-state index is 0.357. The summed E-state index contributed by atoms with van der Waals surface area (Å²) in [6.45, 7) is 0.0107. The molecule has 1 aromatic heterocycles. The van der Waals surface area contributed by atoms with Gasteiger partial charge in [-0.15, -0.1) is 5.10 Å². The average Bonchev–Trinajstić information content (AvgIpc) is 3.25. The first-order chi connectivity index (χ1) is 13.2. The topological polar surface area (TPSA) is 99.0 Å². The summed E-state index contributed by atoms with van der Waals surface area (Å²) in [5.41, 5.74) is 1.90. The molecule has 0 spiro atoms. The fourth-order valence-electron chi connectivity index (χ4n) is 2.51. The van der Waals surface area contributed by atoms with Gasteiger partial charge in [0.2, 0.25) is 0 Å². The van der Waals surface area contributed by atoms with Crippen LogP contribution in [-0.4, -0.2) is 38.7 Å².